The van der Waals surface area contributed by atoms with Crippen LogP contribution in [0.2, 0.25) is 0 Å². The summed E-state index contributed by atoms with van der Waals surface area (Å²) in [6, 6.07) is 0. The Hall–Kier alpha value is -0.610. The molecule has 2 bridgehead atoms. The zero-order valence-electron chi connectivity index (χ0n) is 12.2. The average molecular weight is 267 g/mol. The van der Waals surface area contributed by atoms with Gasteiger partial charge in [-0.05, 0) is 36.0 Å². The Kier molecular flexibility index (Phi) is 2.78. The van der Waals surface area contributed by atoms with Crippen LogP contribution in [0, 0.1) is 16.7 Å². The topological polar surface area (TPSA) is 58.6 Å². The van der Waals surface area contributed by atoms with Crippen LogP contribution >= 0.6 is 0 Å². The third-order valence-corrected chi connectivity index (χ3v) is 6.47. The maximum Gasteiger partial charge on any atom is 0.306 e. The molecule has 108 valence electrons. The van der Waals surface area contributed by atoms with Crippen molar-refractivity contribution in [3.63, 3.8) is 0 Å². The molecule has 19 heavy (non-hydrogen) atoms. The number of carboxylic acids is 1. The van der Waals surface area contributed by atoms with Crippen molar-refractivity contribution in [1.82, 2.24) is 5.32 Å². The van der Waals surface area contributed by atoms with Crippen molar-refractivity contribution >= 4 is 5.97 Å². The van der Waals surface area contributed by atoms with E-state index in [2.05, 4.69) is 26.1 Å². The Morgan fingerprint density at radius 1 is 1.37 bits per heavy atom. The van der Waals surface area contributed by atoms with Gasteiger partial charge in [-0.2, -0.15) is 0 Å². The molecule has 3 fully saturated rings. The van der Waals surface area contributed by atoms with Crippen molar-refractivity contribution in [2.24, 2.45) is 16.7 Å². The molecule has 4 nitrogen and oxygen atoms in total. The second kappa shape index (κ2) is 3.95. The summed E-state index contributed by atoms with van der Waals surface area (Å²) in [6.45, 7) is 8.41. The molecule has 2 saturated carbocycles. The fraction of sp³-hybridized carbons (Fsp3) is 0.933. The quantitative estimate of drug-likeness (QED) is 0.818. The van der Waals surface area contributed by atoms with Gasteiger partial charge in [0, 0.05) is 13.1 Å². The third kappa shape index (κ3) is 1.76. The van der Waals surface area contributed by atoms with Gasteiger partial charge in [0.2, 0.25) is 0 Å². The van der Waals surface area contributed by atoms with Gasteiger partial charge in [0.1, 0.15) is 5.60 Å². The smallest absolute Gasteiger partial charge is 0.306 e. The summed E-state index contributed by atoms with van der Waals surface area (Å²) >= 11 is 0. The molecule has 0 amide bonds. The number of carboxylic acid groups (broad SMARTS) is 1. The van der Waals surface area contributed by atoms with Crippen LogP contribution < -0.4 is 5.32 Å². The number of aliphatic carboxylic acids is 1. The minimum Gasteiger partial charge on any atom is -0.481 e. The highest BCUT2D eigenvalue weighted by Crippen LogP contribution is 2.66. The van der Waals surface area contributed by atoms with Crippen LogP contribution in [0.5, 0.6) is 0 Å². The first-order chi connectivity index (χ1) is 8.79. The van der Waals surface area contributed by atoms with Crippen molar-refractivity contribution in [3.8, 4) is 0 Å². The minimum absolute atomic E-state index is 0.123. The normalized spacial score (nSPS) is 42.1. The second-order valence-electron chi connectivity index (χ2n) is 7.57. The monoisotopic (exact) mass is 267 g/mol. The highest BCUT2D eigenvalue weighted by molar-refractivity contribution is 5.68. The van der Waals surface area contributed by atoms with Crippen LogP contribution in [0.1, 0.15) is 46.5 Å². The van der Waals surface area contributed by atoms with E-state index in [0.29, 0.717) is 18.5 Å². The predicted molar refractivity (Wildman–Crippen MR) is 72.0 cm³/mol. The van der Waals surface area contributed by atoms with Crippen LogP contribution in [0.25, 0.3) is 0 Å². The van der Waals surface area contributed by atoms with Crippen LogP contribution in [0.15, 0.2) is 0 Å². The molecule has 3 atom stereocenters. The van der Waals surface area contributed by atoms with Gasteiger partial charge in [-0.1, -0.05) is 20.8 Å². The first-order valence-corrected chi connectivity index (χ1v) is 7.39. The lowest BCUT2D eigenvalue weighted by molar-refractivity contribution is -0.178. The van der Waals surface area contributed by atoms with Crippen LogP contribution in [-0.4, -0.2) is 35.9 Å². The van der Waals surface area contributed by atoms with Crippen LogP contribution in [0.3, 0.4) is 0 Å². The summed E-state index contributed by atoms with van der Waals surface area (Å²) < 4.78 is 6.37. The van der Waals surface area contributed by atoms with Crippen molar-refractivity contribution in [2.75, 3.05) is 13.1 Å². The Labute approximate surface area is 114 Å². The molecule has 0 aromatic rings. The Balaban J connectivity index is 1.76. The number of ether oxygens (including phenoxy) is 1. The summed E-state index contributed by atoms with van der Waals surface area (Å²) in [5, 5.41) is 12.2. The molecule has 3 aliphatic rings. The fourth-order valence-corrected chi connectivity index (χ4v) is 4.54. The van der Waals surface area contributed by atoms with E-state index in [9.17, 15) is 4.79 Å². The van der Waals surface area contributed by atoms with Gasteiger partial charge in [0.25, 0.3) is 0 Å². The van der Waals surface area contributed by atoms with E-state index in [1.807, 2.05) is 0 Å². The van der Waals surface area contributed by atoms with Crippen molar-refractivity contribution in [3.05, 3.63) is 0 Å². The van der Waals surface area contributed by atoms with Gasteiger partial charge in [-0.3, -0.25) is 4.79 Å². The molecule has 4 heteroatoms. The van der Waals surface area contributed by atoms with E-state index in [0.717, 1.165) is 12.3 Å². The summed E-state index contributed by atoms with van der Waals surface area (Å²) in [4.78, 5) is 11.0. The Morgan fingerprint density at radius 3 is 2.42 bits per heavy atom. The number of rotatable bonds is 4. The SMILES string of the molecule is CC1(C)C2CCC1(C)C(OC1(CC(=O)O)CNC1)C2. The molecular formula is C15H25NO3. The summed E-state index contributed by atoms with van der Waals surface area (Å²) in [7, 11) is 0. The zero-order chi connectivity index (χ0) is 13.9. The molecule has 3 unspecified atom stereocenters. The van der Waals surface area contributed by atoms with E-state index in [1.165, 1.54) is 12.8 Å². The molecule has 0 spiro atoms. The average Bonchev–Trinajstić information content (AvgIpc) is 2.58. The number of carbonyl (C=O) groups is 1. The molecule has 1 saturated heterocycles. The van der Waals surface area contributed by atoms with Gasteiger partial charge in [-0.15, -0.1) is 0 Å². The van der Waals surface area contributed by atoms with Gasteiger partial charge in [0.05, 0.1) is 12.5 Å². The van der Waals surface area contributed by atoms with Gasteiger partial charge in [0.15, 0.2) is 0 Å². The lowest BCUT2D eigenvalue weighted by atomic mass is 9.69. The van der Waals surface area contributed by atoms with E-state index < -0.39 is 11.6 Å². The molecule has 2 aliphatic carbocycles. The first kappa shape index (κ1) is 13.4. The van der Waals surface area contributed by atoms with Gasteiger partial charge < -0.3 is 15.2 Å². The van der Waals surface area contributed by atoms with Crippen LogP contribution in [0.4, 0.5) is 0 Å². The standard InChI is InChI=1S/C15H25NO3/c1-13(2)10-4-5-14(13,3)11(6-10)19-15(7-12(17)18)8-16-9-15/h10-11,16H,4-9H2,1-3H3,(H,17,18). The summed E-state index contributed by atoms with van der Waals surface area (Å²) in [5.41, 5.74) is 0.0675. The third-order valence-electron chi connectivity index (χ3n) is 6.47. The second-order valence-corrected chi connectivity index (χ2v) is 7.57. The van der Waals surface area contributed by atoms with Crippen molar-refractivity contribution < 1.29 is 14.6 Å². The maximum absolute atomic E-state index is 11.0. The highest BCUT2D eigenvalue weighted by atomic mass is 16.5. The van der Waals surface area contributed by atoms with Crippen LogP contribution in [-0.2, 0) is 9.53 Å². The molecular weight excluding hydrogens is 242 g/mol. The van der Waals surface area contributed by atoms with E-state index in [4.69, 9.17) is 9.84 Å². The fourth-order valence-electron chi connectivity index (χ4n) is 4.54. The molecule has 3 rings (SSSR count). The number of nitrogens with one attached hydrogen (secondary N) is 1. The van der Waals surface area contributed by atoms with E-state index in [1.54, 1.807) is 0 Å². The van der Waals surface area contributed by atoms with Gasteiger partial charge in [-0.25, -0.2) is 0 Å². The molecule has 0 aromatic heterocycles. The molecule has 0 aromatic carbocycles. The lowest BCUT2D eigenvalue weighted by Gasteiger charge is -2.48. The van der Waals surface area contributed by atoms with E-state index >= 15 is 0 Å². The number of hydrogen-bond donors (Lipinski definition) is 2. The van der Waals surface area contributed by atoms with Crippen molar-refractivity contribution in [2.45, 2.75) is 58.2 Å². The highest BCUT2D eigenvalue weighted by Gasteiger charge is 2.63. The van der Waals surface area contributed by atoms with E-state index in [-0.39, 0.29) is 17.9 Å². The minimum atomic E-state index is -0.755. The lowest BCUT2D eigenvalue weighted by Crippen LogP contribution is -2.64. The molecule has 0 radical (unpaired) electrons. The molecule has 1 aliphatic heterocycles. The predicted octanol–water partition coefficient (Wildman–Crippen LogP) is 2.03. The maximum atomic E-state index is 11.0. The molecule has 1 heterocycles. The van der Waals surface area contributed by atoms with Crippen molar-refractivity contribution in [1.29, 1.82) is 0 Å². The summed E-state index contributed by atoms with van der Waals surface area (Å²) in [5.74, 6) is -0.0218. The number of hydrogen-bond acceptors (Lipinski definition) is 3. The number of fused-ring (bicyclic) bond motifs is 2. The molecule has 2 N–H and O–H groups in total. The van der Waals surface area contributed by atoms with Gasteiger partial charge >= 0.3 is 5.97 Å². The Bertz CT molecular complexity index is 402. The largest absolute Gasteiger partial charge is 0.481 e. The summed E-state index contributed by atoms with van der Waals surface area (Å²) in [6.07, 6.45) is 3.96. The Morgan fingerprint density at radius 2 is 2.05 bits per heavy atom. The zero-order valence-corrected chi connectivity index (χ0v) is 12.2. The first-order valence-electron chi connectivity index (χ1n) is 7.39.